The van der Waals surface area contributed by atoms with Gasteiger partial charge in [-0.2, -0.15) is 0 Å². The molecule has 110 valence electrons. The molecule has 0 fully saturated rings. The van der Waals surface area contributed by atoms with E-state index in [1.165, 1.54) is 0 Å². The first-order valence-corrected chi connectivity index (χ1v) is 7.27. The molecular formula is C16H16Cl2N2O. The molecular weight excluding hydrogens is 307 g/mol. The topological polar surface area (TPSA) is 41.1 Å². The molecule has 0 saturated carbocycles. The van der Waals surface area contributed by atoms with Crippen molar-refractivity contribution in [2.24, 2.45) is 0 Å². The van der Waals surface area contributed by atoms with E-state index in [1.54, 1.807) is 12.1 Å². The van der Waals surface area contributed by atoms with Crippen molar-refractivity contribution in [3.05, 3.63) is 57.6 Å². The zero-order valence-electron chi connectivity index (χ0n) is 11.8. The monoisotopic (exact) mass is 322 g/mol. The second-order valence-electron chi connectivity index (χ2n) is 4.83. The van der Waals surface area contributed by atoms with Gasteiger partial charge in [-0.05, 0) is 49.2 Å². The van der Waals surface area contributed by atoms with Gasteiger partial charge in [-0.15, -0.1) is 0 Å². The minimum absolute atomic E-state index is 0.147. The number of carbonyl (C=O) groups is 1. The van der Waals surface area contributed by atoms with Crippen molar-refractivity contribution in [1.29, 1.82) is 0 Å². The summed E-state index contributed by atoms with van der Waals surface area (Å²) in [5.41, 5.74) is 3.46. The fourth-order valence-corrected chi connectivity index (χ4v) is 2.12. The molecule has 2 rings (SSSR count). The zero-order valence-corrected chi connectivity index (χ0v) is 13.3. The average Bonchev–Trinajstić information content (AvgIpc) is 2.44. The number of hydrogen-bond acceptors (Lipinski definition) is 2. The number of anilines is 2. The maximum atomic E-state index is 11.9. The molecule has 3 nitrogen and oxygen atoms in total. The Morgan fingerprint density at radius 2 is 1.48 bits per heavy atom. The molecule has 0 aliphatic rings. The van der Waals surface area contributed by atoms with Crippen LogP contribution in [0.15, 0.2) is 36.4 Å². The van der Waals surface area contributed by atoms with Crippen molar-refractivity contribution in [2.45, 2.75) is 13.8 Å². The Kier molecular flexibility index (Phi) is 5.10. The lowest BCUT2D eigenvalue weighted by Crippen LogP contribution is -2.21. The summed E-state index contributed by atoms with van der Waals surface area (Å²) in [5.74, 6) is -0.147. The second kappa shape index (κ2) is 6.83. The summed E-state index contributed by atoms with van der Waals surface area (Å²) in [6, 6.07) is 11.0. The van der Waals surface area contributed by atoms with Crippen LogP contribution in [0.3, 0.4) is 0 Å². The Morgan fingerprint density at radius 1 is 0.952 bits per heavy atom. The molecule has 0 spiro atoms. The Hall–Kier alpha value is -1.71. The normalized spacial score (nSPS) is 10.3. The second-order valence-corrected chi connectivity index (χ2v) is 5.64. The van der Waals surface area contributed by atoms with Gasteiger partial charge in [0.2, 0.25) is 5.91 Å². The fourth-order valence-electron chi connectivity index (χ4n) is 1.76. The van der Waals surface area contributed by atoms with Crippen LogP contribution in [0, 0.1) is 13.8 Å². The predicted molar refractivity (Wildman–Crippen MR) is 89.5 cm³/mol. The summed E-state index contributed by atoms with van der Waals surface area (Å²) in [7, 11) is 0. The van der Waals surface area contributed by atoms with Crippen LogP contribution in [-0.2, 0) is 4.79 Å². The van der Waals surface area contributed by atoms with Crippen LogP contribution < -0.4 is 10.6 Å². The number of rotatable bonds is 4. The number of amides is 1. The third-order valence-corrected chi connectivity index (χ3v) is 3.89. The molecule has 1 amide bonds. The van der Waals surface area contributed by atoms with Gasteiger partial charge in [-0.25, -0.2) is 0 Å². The van der Waals surface area contributed by atoms with Gasteiger partial charge >= 0.3 is 0 Å². The molecule has 5 heteroatoms. The molecule has 0 aliphatic heterocycles. The van der Waals surface area contributed by atoms with E-state index in [0.717, 1.165) is 16.8 Å². The van der Waals surface area contributed by atoms with Crippen molar-refractivity contribution < 1.29 is 4.79 Å². The van der Waals surface area contributed by atoms with E-state index in [2.05, 4.69) is 10.6 Å². The summed E-state index contributed by atoms with van der Waals surface area (Å²) < 4.78 is 0. The molecule has 2 aromatic rings. The van der Waals surface area contributed by atoms with Crippen molar-refractivity contribution >= 4 is 40.5 Å². The summed E-state index contributed by atoms with van der Waals surface area (Å²) in [6.45, 7) is 4.00. The van der Waals surface area contributed by atoms with Gasteiger partial charge in [0, 0.05) is 21.4 Å². The smallest absolute Gasteiger partial charge is 0.243 e. The van der Waals surface area contributed by atoms with E-state index in [4.69, 9.17) is 23.2 Å². The summed E-state index contributed by atoms with van der Waals surface area (Å²) in [5, 5.41) is 7.12. The van der Waals surface area contributed by atoms with Crippen LogP contribution in [-0.4, -0.2) is 12.5 Å². The van der Waals surface area contributed by atoms with E-state index >= 15 is 0 Å². The standard InChI is InChI=1S/C16H16Cl2N2O/c1-10-3-5-12(7-14(10)17)19-9-16(21)20-13-6-4-11(2)15(18)8-13/h3-8,19H,9H2,1-2H3,(H,20,21). The van der Waals surface area contributed by atoms with Gasteiger partial charge in [0.25, 0.3) is 0 Å². The number of carbonyl (C=O) groups excluding carboxylic acids is 1. The van der Waals surface area contributed by atoms with Crippen LogP contribution in [0.5, 0.6) is 0 Å². The van der Waals surface area contributed by atoms with E-state index < -0.39 is 0 Å². The van der Waals surface area contributed by atoms with Crippen LogP contribution in [0.4, 0.5) is 11.4 Å². The predicted octanol–water partition coefficient (Wildman–Crippen LogP) is 4.66. The molecule has 2 aromatic carbocycles. The van der Waals surface area contributed by atoms with Crippen molar-refractivity contribution in [1.82, 2.24) is 0 Å². The Bertz CT molecular complexity index is 671. The van der Waals surface area contributed by atoms with Crippen molar-refractivity contribution in [2.75, 3.05) is 17.2 Å². The van der Waals surface area contributed by atoms with Crippen molar-refractivity contribution in [3.63, 3.8) is 0 Å². The fraction of sp³-hybridized carbons (Fsp3) is 0.188. The molecule has 21 heavy (non-hydrogen) atoms. The van der Waals surface area contributed by atoms with Gasteiger partial charge < -0.3 is 10.6 Å². The number of nitrogens with one attached hydrogen (secondary N) is 2. The number of halogens is 2. The maximum absolute atomic E-state index is 11.9. The van der Waals surface area contributed by atoms with Gasteiger partial charge in [-0.1, -0.05) is 35.3 Å². The Balaban J connectivity index is 1.92. The van der Waals surface area contributed by atoms with Gasteiger partial charge in [0.05, 0.1) is 6.54 Å². The first-order valence-electron chi connectivity index (χ1n) is 6.52. The highest BCUT2D eigenvalue weighted by molar-refractivity contribution is 6.32. The first kappa shape index (κ1) is 15.7. The minimum Gasteiger partial charge on any atom is -0.376 e. The van der Waals surface area contributed by atoms with E-state index in [1.807, 2.05) is 38.1 Å². The zero-order chi connectivity index (χ0) is 15.4. The molecule has 0 bridgehead atoms. The average molecular weight is 323 g/mol. The Labute approximate surface area is 134 Å². The molecule has 0 atom stereocenters. The molecule has 0 aromatic heterocycles. The highest BCUT2D eigenvalue weighted by Crippen LogP contribution is 2.21. The van der Waals surface area contributed by atoms with E-state index in [9.17, 15) is 4.79 Å². The number of hydrogen-bond donors (Lipinski definition) is 2. The van der Waals surface area contributed by atoms with Crippen LogP contribution in [0.2, 0.25) is 10.0 Å². The quantitative estimate of drug-likeness (QED) is 0.859. The highest BCUT2D eigenvalue weighted by atomic mass is 35.5. The lowest BCUT2D eigenvalue weighted by molar-refractivity contribution is -0.114. The van der Waals surface area contributed by atoms with Crippen LogP contribution >= 0.6 is 23.2 Å². The van der Waals surface area contributed by atoms with E-state index in [0.29, 0.717) is 15.7 Å². The van der Waals surface area contributed by atoms with Gasteiger partial charge in [0.15, 0.2) is 0 Å². The third-order valence-electron chi connectivity index (χ3n) is 3.08. The molecule has 0 heterocycles. The summed E-state index contributed by atoms with van der Waals surface area (Å²) in [6.07, 6.45) is 0. The maximum Gasteiger partial charge on any atom is 0.243 e. The molecule has 0 radical (unpaired) electrons. The number of aryl methyl sites for hydroxylation is 2. The third kappa shape index (κ3) is 4.38. The lowest BCUT2D eigenvalue weighted by Gasteiger charge is -2.09. The Morgan fingerprint density at radius 3 is 2.05 bits per heavy atom. The minimum atomic E-state index is -0.147. The SMILES string of the molecule is Cc1ccc(NCC(=O)Nc2ccc(C)c(Cl)c2)cc1Cl. The number of benzene rings is 2. The van der Waals surface area contributed by atoms with Gasteiger partial charge in [0.1, 0.15) is 0 Å². The molecule has 0 saturated heterocycles. The first-order chi connectivity index (χ1) is 9.95. The summed E-state index contributed by atoms with van der Waals surface area (Å²) >= 11 is 12.1. The molecule has 2 N–H and O–H groups in total. The highest BCUT2D eigenvalue weighted by Gasteiger charge is 2.05. The summed E-state index contributed by atoms with van der Waals surface area (Å²) in [4.78, 5) is 11.9. The van der Waals surface area contributed by atoms with Crippen molar-refractivity contribution in [3.8, 4) is 0 Å². The van der Waals surface area contributed by atoms with Crippen LogP contribution in [0.25, 0.3) is 0 Å². The van der Waals surface area contributed by atoms with Crippen LogP contribution in [0.1, 0.15) is 11.1 Å². The lowest BCUT2D eigenvalue weighted by atomic mass is 10.2. The molecule has 0 unspecified atom stereocenters. The van der Waals surface area contributed by atoms with Gasteiger partial charge in [-0.3, -0.25) is 4.79 Å². The largest absolute Gasteiger partial charge is 0.376 e. The molecule has 0 aliphatic carbocycles. The van der Waals surface area contributed by atoms with E-state index in [-0.39, 0.29) is 12.5 Å².